The summed E-state index contributed by atoms with van der Waals surface area (Å²) in [6.45, 7) is 0.554. The van der Waals surface area contributed by atoms with E-state index in [4.69, 9.17) is 16.3 Å². The summed E-state index contributed by atoms with van der Waals surface area (Å²) in [4.78, 5) is 13.7. The SMILES string of the molecule is O=C1COc2ccc(Cl)cc2N1C/C=C\c1ccccc1. The number of fused-ring (bicyclic) bond motifs is 1. The minimum Gasteiger partial charge on any atom is -0.482 e. The van der Waals surface area contributed by atoms with E-state index in [1.807, 2.05) is 42.5 Å². The van der Waals surface area contributed by atoms with Crippen LogP contribution in [0.1, 0.15) is 5.56 Å². The van der Waals surface area contributed by atoms with E-state index < -0.39 is 0 Å². The van der Waals surface area contributed by atoms with Crippen LogP contribution in [0.2, 0.25) is 5.02 Å². The van der Waals surface area contributed by atoms with Gasteiger partial charge >= 0.3 is 0 Å². The standard InChI is InChI=1S/C17H14ClNO2/c18-14-8-9-16-15(11-14)19(17(20)12-21-16)10-4-7-13-5-2-1-3-6-13/h1-9,11H,10,12H2/b7-4-. The lowest BCUT2D eigenvalue weighted by molar-refractivity contribution is -0.121. The number of nitrogens with zero attached hydrogens (tertiary/aromatic N) is 1. The molecule has 21 heavy (non-hydrogen) atoms. The van der Waals surface area contributed by atoms with Crippen LogP contribution in [0, 0.1) is 0 Å². The lowest BCUT2D eigenvalue weighted by Crippen LogP contribution is -2.38. The van der Waals surface area contributed by atoms with Crippen molar-refractivity contribution < 1.29 is 9.53 Å². The normalized spacial score (nSPS) is 14.1. The first-order chi connectivity index (χ1) is 10.2. The molecule has 0 radical (unpaired) electrons. The molecule has 0 saturated carbocycles. The highest BCUT2D eigenvalue weighted by Crippen LogP contribution is 2.34. The number of anilines is 1. The Kier molecular flexibility index (Phi) is 3.93. The molecule has 0 atom stereocenters. The first-order valence-corrected chi connectivity index (χ1v) is 7.06. The van der Waals surface area contributed by atoms with E-state index in [9.17, 15) is 4.79 Å². The number of amides is 1. The van der Waals surface area contributed by atoms with Crippen molar-refractivity contribution in [3.63, 3.8) is 0 Å². The molecule has 0 aromatic heterocycles. The van der Waals surface area contributed by atoms with Gasteiger partial charge in [-0.2, -0.15) is 0 Å². The van der Waals surface area contributed by atoms with E-state index in [1.165, 1.54) is 0 Å². The average Bonchev–Trinajstić information content (AvgIpc) is 2.50. The summed E-state index contributed by atoms with van der Waals surface area (Å²) in [6.07, 6.45) is 3.95. The van der Waals surface area contributed by atoms with Gasteiger partial charge in [0, 0.05) is 11.6 Å². The first-order valence-electron chi connectivity index (χ1n) is 6.68. The zero-order chi connectivity index (χ0) is 14.7. The molecule has 1 aliphatic heterocycles. The molecular weight excluding hydrogens is 286 g/mol. The van der Waals surface area contributed by atoms with E-state index in [2.05, 4.69) is 0 Å². The molecule has 3 rings (SSSR count). The molecule has 0 aliphatic carbocycles. The molecule has 0 spiro atoms. The molecule has 1 amide bonds. The van der Waals surface area contributed by atoms with Crippen LogP contribution in [0.5, 0.6) is 5.75 Å². The fourth-order valence-electron chi connectivity index (χ4n) is 2.23. The number of carbonyl (C=O) groups excluding carboxylic acids is 1. The molecule has 0 unspecified atom stereocenters. The Hall–Kier alpha value is -2.26. The largest absolute Gasteiger partial charge is 0.482 e. The maximum atomic E-state index is 12.0. The van der Waals surface area contributed by atoms with Gasteiger partial charge in [0.15, 0.2) is 6.61 Å². The monoisotopic (exact) mass is 299 g/mol. The minimum atomic E-state index is -0.0671. The summed E-state index contributed by atoms with van der Waals surface area (Å²) < 4.78 is 5.41. The van der Waals surface area contributed by atoms with Gasteiger partial charge < -0.3 is 9.64 Å². The molecule has 0 N–H and O–H groups in total. The van der Waals surface area contributed by atoms with E-state index in [0.717, 1.165) is 11.3 Å². The Balaban J connectivity index is 1.80. The van der Waals surface area contributed by atoms with Crippen LogP contribution in [-0.2, 0) is 4.79 Å². The molecule has 1 aliphatic rings. The predicted octanol–water partition coefficient (Wildman–Crippen LogP) is 3.78. The van der Waals surface area contributed by atoms with Crippen LogP contribution in [0.25, 0.3) is 6.08 Å². The van der Waals surface area contributed by atoms with E-state index in [1.54, 1.807) is 23.1 Å². The Morgan fingerprint density at radius 3 is 2.81 bits per heavy atom. The second kappa shape index (κ2) is 6.02. The van der Waals surface area contributed by atoms with Crippen molar-refractivity contribution >= 4 is 29.3 Å². The maximum absolute atomic E-state index is 12.0. The van der Waals surface area contributed by atoms with Crippen molar-refractivity contribution in [1.82, 2.24) is 0 Å². The number of carbonyl (C=O) groups is 1. The van der Waals surface area contributed by atoms with Crippen LogP contribution in [0.15, 0.2) is 54.6 Å². The highest BCUT2D eigenvalue weighted by molar-refractivity contribution is 6.31. The zero-order valence-electron chi connectivity index (χ0n) is 11.3. The van der Waals surface area contributed by atoms with Gasteiger partial charge in [-0.25, -0.2) is 0 Å². The van der Waals surface area contributed by atoms with E-state index in [-0.39, 0.29) is 12.5 Å². The van der Waals surface area contributed by atoms with Gasteiger partial charge in [-0.05, 0) is 23.8 Å². The lowest BCUT2D eigenvalue weighted by Gasteiger charge is -2.28. The van der Waals surface area contributed by atoms with Crippen LogP contribution in [0.3, 0.4) is 0 Å². The minimum absolute atomic E-state index is 0.0633. The van der Waals surface area contributed by atoms with Crippen LogP contribution in [0.4, 0.5) is 5.69 Å². The Bertz CT molecular complexity index is 682. The molecule has 0 fully saturated rings. The van der Waals surface area contributed by atoms with Gasteiger partial charge in [0.25, 0.3) is 5.91 Å². The van der Waals surface area contributed by atoms with Gasteiger partial charge in [-0.15, -0.1) is 0 Å². The third-order valence-electron chi connectivity index (χ3n) is 3.26. The molecule has 1 heterocycles. The van der Waals surface area contributed by atoms with Crippen LogP contribution < -0.4 is 9.64 Å². The average molecular weight is 300 g/mol. The number of benzene rings is 2. The Labute approximate surface area is 128 Å². The molecule has 106 valence electrons. The maximum Gasteiger partial charge on any atom is 0.265 e. The summed E-state index contributed by atoms with van der Waals surface area (Å²) >= 11 is 6.01. The smallest absolute Gasteiger partial charge is 0.265 e. The molecule has 3 nitrogen and oxygen atoms in total. The lowest BCUT2D eigenvalue weighted by atomic mass is 10.2. The molecular formula is C17H14ClNO2. The van der Waals surface area contributed by atoms with Crippen molar-refractivity contribution in [3.8, 4) is 5.75 Å². The van der Waals surface area contributed by atoms with Gasteiger partial charge in [0.2, 0.25) is 0 Å². The van der Waals surface area contributed by atoms with Gasteiger partial charge in [-0.1, -0.05) is 54.1 Å². The van der Waals surface area contributed by atoms with Crippen LogP contribution in [-0.4, -0.2) is 19.1 Å². The summed E-state index contributed by atoms with van der Waals surface area (Å²) in [5, 5.41) is 0.587. The first kappa shape index (κ1) is 13.7. The summed E-state index contributed by atoms with van der Waals surface area (Å²) in [5.74, 6) is 0.620. The second-order valence-corrected chi connectivity index (χ2v) is 5.15. The molecule has 0 saturated heterocycles. The number of rotatable bonds is 3. The third kappa shape index (κ3) is 3.09. The van der Waals surface area contributed by atoms with Crippen molar-refractivity contribution in [2.45, 2.75) is 0 Å². The van der Waals surface area contributed by atoms with Gasteiger partial charge in [0.1, 0.15) is 5.75 Å². The Morgan fingerprint density at radius 2 is 2.00 bits per heavy atom. The van der Waals surface area contributed by atoms with Crippen molar-refractivity contribution in [3.05, 3.63) is 65.2 Å². The number of hydrogen-bond donors (Lipinski definition) is 0. The zero-order valence-corrected chi connectivity index (χ0v) is 12.1. The van der Waals surface area contributed by atoms with E-state index >= 15 is 0 Å². The Morgan fingerprint density at radius 1 is 1.19 bits per heavy atom. The quantitative estimate of drug-likeness (QED) is 0.863. The second-order valence-electron chi connectivity index (χ2n) is 4.72. The molecule has 4 heteroatoms. The highest BCUT2D eigenvalue weighted by atomic mass is 35.5. The number of ether oxygens (including phenoxy) is 1. The summed E-state index contributed by atoms with van der Waals surface area (Å²) in [7, 11) is 0. The van der Waals surface area contributed by atoms with Crippen molar-refractivity contribution in [1.29, 1.82) is 0 Å². The summed E-state index contributed by atoms with van der Waals surface area (Å²) in [5.41, 5.74) is 1.82. The predicted molar refractivity (Wildman–Crippen MR) is 84.8 cm³/mol. The number of hydrogen-bond acceptors (Lipinski definition) is 2. The van der Waals surface area contributed by atoms with E-state index in [0.29, 0.717) is 17.3 Å². The van der Waals surface area contributed by atoms with Gasteiger partial charge in [0.05, 0.1) is 5.69 Å². The van der Waals surface area contributed by atoms with Crippen molar-refractivity contribution in [2.24, 2.45) is 0 Å². The summed E-state index contributed by atoms with van der Waals surface area (Å²) in [6, 6.07) is 15.3. The third-order valence-corrected chi connectivity index (χ3v) is 3.50. The molecule has 2 aromatic rings. The number of halogens is 1. The topological polar surface area (TPSA) is 29.5 Å². The highest BCUT2D eigenvalue weighted by Gasteiger charge is 2.24. The molecule has 0 bridgehead atoms. The van der Waals surface area contributed by atoms with Crippen LogP contribution >= 0.6 is 11.6 Å². The van der Waals surface area contributed by atoms with Crippen molar-refractivity contribution in [2.75, 3.05) is 18.1 Å². The van der Waals surface area contributed by atoms with Gasteiger partial charge in [-0.3, -0.25) is 4.79 Å². The molecule has 2 aromatic carbocycles. The fourth-order valence-corrected chi connectivity index (χ4v) is 2.40. The fraction of sp³-hybridized carbons (Fsp3) is 0.118.